The summed E-state index contributed by atoms with van der Waals surface area (Å²) in [7, 11) is 0. The molecule has 1 fully saturated rings. The number of imidazole rings is 1. The van der Waals surface area contributed by atoms with Crippen molar-refractivity contribution in [3.63, 3.8) is 0 Å². The SMILES string of the molecule is O=C(O)CC(c1nc2ccccc2[nH]1)N1CCC(CCCc2ccc3c(n2)NCCC3)C1=O. The van der Waals surface area contributed by atoms with E-state index in [1.807, 2.05) is 24.3 Å². The number of aromatic amines is 1. The Morgan fingerprint density at radius 1 is 1.21 bits per heavy atom. The third kappa shape index (κ3) is 4.55. The highest BCUT2D eigenvalue weighted by Gasteiger charge is 2.38. The molecule has 2 atom stereocenters. The van der Waals surface area contributed by atoms with Crippen molar-refractivity contribution in [2.75, 3.05) is 18.4 Å². The average molecular weight is 448 g/mol. The summed E-state index contributed by atoms with van der Waals surface area (Å²) in [6.45, 7) is 1.53. The first-order valence-corrected chi connectivity index (χ1v) is 11.8. The monoisotopic (exact) mass is 447 g/mol. The van der Waals surface area contributed by atoms with Gasteiger partial charge in [-0.1, -0.05) is 18.2 Å². The van der Waals surface area contributed by atoms with E-state index in [2.05, 4.69) is 27.4 Å². The Bertz CT molecular complexity index is 1140. The van der Waals surface area contributed by atoms with Crippen LogP contribution in [0.5, 0.6) is 0 Å². The van der Waals surface area contributed by atoms with Gasteiger partial charge >= 0.3 is 5.97 Å². The van der Waals surface area contributed by atoms with Crippen molar-refractivity contribution in [2.45, 2.75) is 51.0 Å². The average Bonchev–Trinajstić information content (AvgIpc) is 3.41. The number of amides is 1. The molecule has 0 aliphatic carbocycles. The number of benzene rings is 1. The number of carbonyl (C=O) groups excluding carboxylic acids is 1. The van der Waals surface area contributed by atoms with Crippen molar-refractivity contribution >= 4 is 28.7 Å². The van der Waals surface area contributed by atoms with Gasteiger partial charge in [0.1, 0.15) is 17.7 Å². The largest absolute Gasteiger partial charge is 0.481 e. The molecule has 4 heterocycles. The van der Waals surface area contributed by atoms with Crippen molar-refractivity contribution < 1.29 is 14.7 Å². The zero-order chi connectivity index (χ0) is 22.8. The molecule has 2 unspecified atom stereocenters. The number of para-hydroxylation sites is 2. The van der Waals surface area contributed by atoms with Crippen LogP contribution in [0.3, 0.4) is 0 Å². The highest BCUT2D eigenvalue weighted by molar-refractivity contribution is 5.82. The number of likely N-dealkylation sites (tertiary alicyclic amines) is 1. The number of rotatable bonds is 8. The van der Waals surface area contributed by atoms with Crippen molar-refractivity contribution in [1.82, 2.24) is 19.9 Å². The number of aromatic nitrogens is 3. The Hall–Kier alpha value is -3.42. The first-order valence-electron chi connectivity index (χ1n) is 11.8. The van der Waals surface area contributed by atoms with Gasteiger partial charge in [0.05, 0.1) is 17.5 Å². The third-order valence-corrected chi connectivity index (χ3v) is 6.76. The van der Waals surface area contributed by atoms with Gasteiger partial charge < -0.3 is 20.3 Å². The topological polar surface area (TPSA) is 111 Å². The van der Waals surface area contributed by atoms with Crippen molar-refractivity contribution in [1.29, 1.82) is 0 Å². The molecule has 8 heteroatoms. The van der Waals surface area contributed by atoms with Gasteiger partial charge in [-0.3, -0.25) is 9.59 Å². The number of hydrogen-bond acceptors (Lipinski definition) is 5. The van der Waals surface area contributed by atoms with E-state index in [1.165, 1.54) is 5.56 Å². The van der Waals surface area contributed by atoms with Crippen LogP contribution in [0.2, 0.25) is 0 Å². The molecule has 2 aliphatic rings. The number of fused-ring (bicyclic) bond motifs is 2. The Kier molecular flexibility index (Phi) is 5.98. The zero-order valence-corrected chi connectivity index (χ0v) is 18.6. The number of carbonyl (C=O) groups is 2. The van der Waals surface area contributed by atoms with Crippen LogP contribution in [-0.2, 0) is 22.4 Å². The molecule has 1 amide bonds. The van der Waals surface area contributed by atoms with E-state index >= 15 is 0 Å². The number of pyridine rings is 1. The summed E-state index contributed by atoms with van der Waals surface area (Å²) in [5.74, 6) is 0.551. The maximum absolute atomic E-state index is 13.2. The molecular weight excluding hydrogens is 418 g/mol. The molecule has 2 aromatic heterocycles. The number of hydrogen-bond donors (Lipinski definition) is 3. The summed E-state index contributed by atoms with van der Waals surface area (Å²) in [5, 5.41) is 12.9. The van der Waals surface area contributed by atoms with E-state index in [0.717, 1.165) is 67.6 Å². The summed E-state index contributed by atoms with van der Waals surface area (Å²) in [5.41, 5.74) is 3.95. The predicted molar refractivity (Wildman–Crippen MR) is 125 cm³/mol. The highest BCUT2D eigenvalue weighted by Crippen LogP contribution is 2.33. The van der Waals surface area contributed by atoms with Crippen LogP contribution in [0.4, 0.5) is 5.82 Å². The Labute approximate surface area is 192 Å². The molecule has 2 aliphatic heterocycles. The lowest BCUT2D eigenvalue weighted by Gasteiger charge is -2.25. The van der Waals surface area contributed by atoms with Gasteiger partial charge in [-0.05, 0) is 62.3 Å². The van der Waals surface area contributed by atoms with E-state index in [0.29, 0.717) is 12.4 Å². The minimum Gasteiger partial charge on any atom is -0.481 e. The molecule has 0 radical (unpaired) electrons. The van der Waals surface area contributed by atoms with Crippen LogP contribution in [-0.4, -0.2) is 49.9 Å². The second kappa shape index (κ2) is 9.21. The third-order valence-electron chi connectivity index (χ3n) is 6.76. The minimum absolute atomic E-state index is 0.0294. The molecule has 0 bridgehead atoms. The van der Waals surface area contributed by atoms with E-state index in [4.69, 9.17) is 4.98 Å². The Morgan fingerprint density at radius 3 is 2.94 bits per heavy atom. The molecule has 3 N–H and O–H groups in total. The normalized spacial score (nSPS) is 18.8. The van der Waals surface area contributed by atoms with Crippen molar-refractivity contribution in [3.8, 4) is 0 Å². The fourth-order valence-corrected chi connectivity index (χ4v) is 5.03. The molecular formula is C25H29N5O3. The quantitative estimate of drug-likeness (QED) is 0.486. The van der Waals surface area contributed by atoms with Crippen LogP contribution in [0.15, 0.2) is 36.4 Å². The smallest absolute Gasteiger partial charge is 0.305 e. The van der Waals surface area contributed by atoms with E-state index in [-0.39, 0.29) is 18.2 Å². The summed E-state index contributed by atoms with van der Waals surface area (Å²) < 4.78 is 0. The first-order chi connectivity index (χ1) is 16.1. The molecule has 0 saturated carbocycles. The van der Waals surface area contributed by atoms with Crippen molar-refractivity contribution in [3.05, 3.63) is 53.5 Å². The number of nitrogens with zero attached hydrogens (tertiary/aromatic N) is 3. The second-order valence-electron chi connectivity index (χ2n) is 9.00. The fraction of sp³-hybridized carbons (Fsp3) is 0.440. The molecule has 33 heavy (non-hydrogen) atoms. The second-order valence-corrected chi connectivity index (χ2v) is 9.00. The Balaban J connectivity index is 1.23. The summed E-state index contributed by atoms with van der Waals surface area (Å²) in [6, 6.07) is 11.3. The molecule has 172 valence electrons. The zero-order valence-electron chi connectivity index (χ0n) is 18.6. The number of nitrogens with one attached hydrogen (secondary N) is 2. The first kappa shape index (κ1) is 21.4. The Morgan fingerprint density at radius 2 is 2.09 bits per heavy atom. The molecule has 5 rings (SSSR count). The predicted octanol–water partition coefficient (Wildman–Crippen LogP) is 3.70. The number of anilines is 1. The van der Waals surface area contributed by atoms with Gasteiger partial charge in [0.25, 0.3) is 0 Å². The molecule has 0 spiro atoms. The number of H-pyrrole nitrogens is 1. The van der Waals surface area contributed by atoms with Gasteiger partial charge in [0, 0.05) is 24.7 Å². The van der Waals surface area contributed by atoms with E-state index in [1.54, 1.807) is 4.90 Å². The van der Waals surface area contributed by atoms with Crippen LogP contribution in [0.25, 0.3) is 11.0 Å². The lowest BCUT2D eigenvalue weighted by Crippen LogP contribution is -2.34. The maximum Gasteiger partial charge on any atom is 0.305 e. The minimum atomic E-state index is -0.941. The van der Waals surface area contributed by atoms with E-state index < -0.39 is 12.0 Å². The number of aliphatic carboxylic acids is 1. The molecule has 1 saturated heterocycles. The van der Waals surface area contributed by atoms with Gasteiger partial charge in [-0.2, -0.15) is 0 Å². The van der Waals surface area contributed by atoms with E-state index in [9.17, 15) is 14.7 Å². The molecule has 3 aromatic rings. The highest BCUT2D eigenvalue weighted by atomic mass is 16.4. The summed E-state index contributed by atoms with van der Waals surface area (Å²) in [6.07, 6.45) is 5.29. The van der Waals surface area contributed by atoms with Crippen molar-refractivity contribution in [2.24, 2.45) is 5.92 Å². The summed E-state index contributed by atoms with van der Waals surface area (Å²) >= 11 is 0. The van der Waals surface area contributed by atoms with Crippen LogP contribution < -0.4 is 5.32 Å². The molecule has 1 aromatic carbocycles. The lowest BCUT2D eigenvalue weighted by molar-refractivity contribution is -0.140. The van der Waals surface area contributed by atoms with Crippen LogP contribution in [0, 0.1) is 5.92 Å². The molecule has 8 nitrogen and oxygen atoms in total. The lowest BCUT2D eigenvalue weighted by atomic mass is 9.99. The fourth-order valence-electron chi connectivity index (χ4n) is 5.03. The van der Waals surface area contributed by atoms with Gasteiger partial charge in [-0.15, -0.1) is 0 Å². The van der Waals surface area contributed by atoms with Crippen LogP contribution in [0.1, 0.15) is 55.2 Å². The number of carboxylic acid groups (broad SMARTS) is 1. The van der Waals surface area contributed by atoms with Crippen LogP contribution >= 0.6 is 0 Å². The van der Waals surface area contributed by atoms with Gasteiger partial charge in [-0.25, -0.2) is 9.97 Å². The summed E-state index contributed by atoms with van der Waals surface area (Å²) in [4.78, 5) is 39.1. The number of aryl methyl sites for hydroxylation is 2. The maximum atomic E-state index is 13.2. The van der Waals surface area contributed by atoms with Gasteiger partial charge in [0.15, 0.2) is 0 Å². The van der Waals surface area contributed by atoms with Gasteiger partial charge in [0.2, 0.25) is 5.91 Å². The number of carboxylic acids is 1. The standard InChI is InChI=1S/C25H29N5O3/c31-22(32)15-21(24-28-19-8-1-2-9-20(19)29-24)30-14-12-17(25(30)33)5-3-7-18-11-10-16-6-4-13-26-23(16)27-18/h1-2,8-11,17,21H,3-7,12-15H2,(H,26,27)(H,28,29)(H,31,32).